The summed E-state index contributed by atoms with van der Waals surface area (Å²) in [5.41, 5.74) is 4.91. The van der Waals surface area contributed by atoms with Crippen molar-refractivity contribution in [1.82, 2.24) is 5.32 Å². The molecular weight excluding hydrogens is 524 g/mol. The van der Waals surface area contributed by atoms with Crippen molar-refractivity contribution >= 4 is 45.5 Å². The monoisotopic (exact) mass is 548 g/mol. The van der Waals surface area contributed by atoms with E-state index in [4.69, 9.17) is 9.47 Å². The Morgan fingerprint density at radius 1 is 0.889 bits per heavy atom. The Hall–Kier alpha value is -3.91. The Morgan fingerprint density at radius 3 is 2.36 bits per heavy atom. The molecule has 1 N–H and O–H groups in total. The Balaban J connectivity index is 1.60. The SMILES string of the molecule is COc1cc(/C=C2/C(=O)NC(=O)N(c3ccc(Br)cc3C)C2=O)ccc1OCc1ccc(C)c(C)c1. The second-order valence-corrected chi connectivity index (χ2v) is 9.42. The second-order valence-electron chi connectivity index (χ2n) is 8.51. The van der Waals surface area contributed by atoms with E-state index in [-0.39, 0.29) is 5.57 Å². The average molecular weight is 549 g/mol. The van der Waals surface area contributed by atoms with Crippen molar-refractivity contribution in [1.29, 1.82) is 0 Å². The summed E-state index contributed by atoms with van der Waals surface area (Å²) in [7, 11) is 1.52. The maximum absolute atomic E-state index is 13.2. The third-order valence-electron chi connectivity index (χ3n) is 5.97. The maximum atomic E-state index is 13.2. The van der Waals surface area contributed by atoms with Crippen LogP contribution >= 0.6 is 15.9 Å². The minimum atomic E-state index is -0.791. The number of barbiturate groups is 1. The molecule has 3 aromatic carbocycles. The lowest BCUT2D eigenvalue weighted by Gasteiger charge is -2.27. The lowest BCUT2D eigenvalue weighted by molar-refractivity contribution is -0.122. The van der Waals surface area contributed by atoms with Crippen molar-refractivity contribution in [2.24, 2.45) is 0 Å². The van der Waals surface area contributed by atoms with Crippen molar-refractivity contribution in [2.75, 3.05) is 12.0 Å². The lowest BCUT2D eigenvalue weighted by atomic mass is 10.1. The molecule has 184 valence electrons. The molecule has 0 spiro atoms. The fourth-order valence-corrected chi connectivity index (χ4v) is 4.34. The van der Waals surface area contributed by atoms with Crippen LogP contribution in [0.4, 0.5) is 10.5 Å². The smallest absolute Gasteiger partial charge is 0.335 e. The van der Waals surface area contributed by atoms with Crippen molar-refractivity contribution in [3.63, 3.8) is 0 Å². The second kappa shape index (κ2) is 10.4. The van der Waals surface area contributed by atoms with E-state index < -0.39 is 17.8 Å². The third kappa shape index (κ3) is 5.18. The molecule has 0 aromatic heterocycles. The number of carbonyl (C=O) groups is 3. The van der Waals surface area contributed by atoms with Crippen LogP contribution in [0, 0.1) is 20.8 Å². The molecule has 0 bridgehead atoms. The molecule has 1 fully saturated rings. The summed E-state index contributed by atoms with van der Waals surface area (Å²) in [5.74, 6) is -0.485. The summed E-state index contributed by atoms with van der Waals surface area (Å²) in [6.07, 6.45) is 1.43. The summed E-state index contributed by atoms with van der Waals surface area (Å²) < 4.78 is 12.3. The van der Waals surface area contributed by atoms with E-state index >= 15 is 0 Å². The van der Waals surface area contributed by atoms with E-state index in [1.54, 1.807) is 43.3 Å². The van der Waals surface area contributed by atoms with Crippen molar-refractivity contribution in [2.45, 2.75) is 27.4 Å². The summed E-state index contributed by atoms with van der Waals surface area (Å²) in [4.78, 5) is 39.3. The topological polar surface area (TPSA) is 84.9 Å². The quantitative estimate of drug-likeness (QED) is 0.318. The predicted octanol–water partition coefficient (Wildman–Crippen LogP) is 5.63. The highest BCUT2D eigenvalue weighted by Crippen LogP contribution is 2.31. The number of halogens is 1. The van der Waals surface area contributed by atoms with Gasteiger partial charge >= 0.3 is 6.03 Å². The van der Waals surface area contributed by atoms with Crippen molar-refractivity contribution in [3.8, 4) is 11.5 Å². The van der Waals surface area contributed by atoms with Crippen LogP contribution in [-0.2, 0) is 16.2 Å². The number of hydrogen-bond acceptors (Lipinski definition) is 5. The number of amides is 4. The molecule has 4 rings (SSSR count). The van der Waals surface area contributed by atoms with Crippen molar-refractivity contribution < 1.29 is 23.9 Å². The minimum Gasteiger partial charge on any atom is -0.493 e. The summed E-state index contributed by atoms with van der Waals surface area (Å²) in [6, 6.07) is 15.6. The highest BCUT2D eigenvalue weighted by Gasteiger charge is 2.37. The number of aryl methyl sites for hydroxylation is 3. The zero-order chi connectivity index (χ0) is 26.0. The van der Waals surface area contributed by atoms with E-state index in [1.807, 2.05) is 6.07 Å². The first kappa shape index (κ1) is 25.2. The van der Waals surface area contributed by atoms with Gasteiger partial charge in [0.1, 0.15) is 12.2 Å². The Labute approximate surface area is 217 Å². The number of benzene rings is 3. The van der Waals surface area contributed by atoms with Crippen LogP contribution in [0.15, 0.2) is 64.6 Å². The summed E-state index contributed by atoms with van der Waals surface area (Å²) in [6.45, 7) is 6.25. The molecule has 3 aromatic rings. The van der Waals surface area contributed by atoms with Gasteiger partial charge in [0.05, 0.1) is 12.8 Å². The molecule has 0 saturated carbocycles. The normalized spacial score (nSPS) is 14.8. The van der Waals surface area contributed by atoms with E-state index in [9.17, 15) is 14.4 Å². The van der Waals surface area contributed by atoms with Gasteiger partial charge < -0.3 is 9.47 Å². The average Bonchev–Trinajstić information content (AvgIpc) is 2.84. The van der Waals surface area contributed by atoms with Gasteiger partial charge in [-0.1, -0.05) is 40.2 Å². The molecular formula is C28H25BrN2O5. The van der Waals surface area contributed by atoms with Crippen LogP contribution in [0.5, 0.6) is 11.5 Å². The van der Waals surface area contributed by atoms with Gasteiger partial charge in [-0.15, -0.1) is 0 Å². The first-order valence-corrected chi connectivity index (χ1v) is 12.0. The fourth-order valence-electron chi connectivity index (χ4n) is 3.86. The molecule has 7 nitrogen and oxygen atoms in total. The summed E-state index contributed by atoms with van der Waals surface area (Å²) in [5, 5.41) is 2.25. The summed E-state index contributed by atoms with van der Waals surface area (Å²) >= 11 is 3.37. The number of imide groups is 2. The number of urea groups is 1. The van der Waals surface area contributed by atoms with Crippen LogP contribution in [-0.4, -0.2) is 25.0 Å². The zero-order valence-electron chi connectivity index (χ0n) is 20.3. The first-order chi connectivity index (χ1) is 17.2. The van der Waals surface area contributed by atoms with E-state index in [0.29, 0.717) is 34.9 Å². The van der Waals surface area contributed by atoms with Gasteiger partial charge in [0, 0.05) is 4.47 Å². The Bertz CT molecular complexity index is 1410. The molecule has 4 amide bonds. The van der Waals surface area contributed by atoms with Gasteiger partial charge in [-0.05, 0) is 85.0 Å². The van der Waals surface area contributed by atoms with Crippen LogP contribution in [0.1, 0.15) is 27.8 Å². The first-order valence-electron chi connectivity index (χ1n) is 11.2. The van der Waals surface area contributed by atoms with Gasteiger partial charge in [-0.2, -0.15) is 0 Å². The van der Waals surface area contributed by atoms with Crippen LogP contribution in [0.2, 0.25) is 0 Å². The van der Waals surface area contributed by atoms with E-state index in [0.717, 1.165) is 14.9 Å². The molecule has 1 aliphatic heterocycles. The molecule has 8 heteroatoms. The van der Waals surface area contributed by atoms with Gasteiger partial charge in [-0.3, -0.25) is 14.9 Å². The van der Waals surface area contributed by atoms with Gasteiger partial charge in [0.15, 0.2) is 11.5 Å². The van der Waals surface area contributed by atoms with E-state index in [1.165, 1.54) is 24.3 Å². The van der Waals surface area contributed by atoms with Gasteiger partial charge in [0.2, 0.25) is 0 Å². The highest BCUT2D eigenvalue weighted by atomic mass is 79.9. The largest absolute Gasteiger partial charge is 0.493 e. The minimum absolute atomic E-state index is 0.164. The zero-order valence-corrected chi connectivity index (χ0v) is 21.9. The number of anilines is 1. The van der Waals surface area contributed by atoms with E-state index in [2.05, 4.69) is 47.2 Å². The number of carbonyl (C=O) groups excluding carboxylic acids is 3. The third-order valence-corrected chi connectivity index (χ3v) is 6.46. The number of rotatable bonds is 6. The van der Waals surface area contributed by atoms with Crippen LogP contribution in [0.25, 0.3) is 6.08 Å². The van der Waals surface area contributed by atoms with Crippen molar-refractivity contribution in [3.05, 3.63) is 92.5 Å². The number of hydrogen-bond donors (Lipinski definition) is 1. The Morgan fingerprint density at radius 2 is 1.67 bits per heavy atom. The van der Waals surface area contributed by atoms with Gasteiger partial charge in [-0.25, -0.2) is 9.69 Å². The van der Waals surface area contributed by atoms with Crippen LogP contribution < -0.4 is 19.7 Å². The molecule has 0 atom stereocenters. The molecule has 0 unspecified atom stereocenters. The maximum Gasteiger partial charge on any atom is 0.335 e. The standard InChI is InChI=1S/C28H25BrN2O5/c1-16-5-6-20(11-17(16)2)15-36-24-10-7-19(14-25(24)35-4)13-22-26(32)30-28(34)31(27(22)33)23-9-8-21(29)12-18(23)3/h5-14H,15H2,1-4H3,(H,30,32,34)/b22-13-. The molecule has 36 heavy (non-hydrogen) atoms. The molecule has 0 aliphatic carbocycles. The molecule has 0 radical (unpaired) electrons. The molecule has 1 aliphatic rings. The number of nitrogens with one attached hydrogen (secondary N) is 1. The highest BCUT2D eigenvalue weighted by molar-refractivity contribution is 9.10. The fraction of sp³-hybridized carbons (Fsp3) is 0.179. The molecule has 1 saturated heterocycles. The predicted molar refractivity (Wildman–Crippen MR) is 141 cm³/mol. The number of nitrogens with zero attached hydrogens (tertiary/aromatic N) is 1. The number of methoxy groups -OCH3 is 1. The Kier molecular flexibility index (Phi) is 7.26. The molecule has 1 heterocycles. The van der Waals surface area contributed by atoms with Crippen LogP contribution in [0.3, 0.4) is 0 Å². The number of ether oxygens (including phenoxy) is 2. The van der Waals surface area contributed by atoms with Gasteiger partial charge in [0.25, 0.3) is 11.8 Å². The lowest BCUT2D eigenvalue weighted by Crippen LogP contribution is -2.54.